The molecule has 0 unspecified atom stereocenters. The van der Waals surface area contributed by atoms with Crippen LogP contribution in [0.15, 0.2) is 53.5 Å². The van der Waals surface area contributed by atoms with Crippen molar-refractivity contribution in [2.45, 2.75) is 40.0 Å². The van der Waals surface area contributed by atoms with Crippen LogP contribution < -0.4 is 10.1 Å². The van der Waals surface area contributed by atoms with Gasteiger partial charge in [0.25, 0.3) is 5.91 Å². The highest BCUT2D eigenvalue weighted by Gasteiger charge is 2.33. The minimum Gasteiger partial charge on any atom is -0.497 e. The molecular formula is C27H29ClN2O2S. The molecule has 33 heavy (non-hydrogen) atoms. The van der Waals surface area contributed by atoms with Crippen LogP contribution in [0.5, 0.6) is 5.75 Å². The summed E-state index contributed by atoms with van der Waals surface area (Å²) in [5.41, 5.74) is 3.70. The molecule has 6 heteroatoms. The van der Waals surface area contributed by atoms with E-state index in [4.69, 9.17) is 21.3 Å². The molecule has 1 aliphatic carbocycles. The lowest BCUT2D eigenvalue weighted by Gasteiger charge is -2.33. The number of carbonyl (C=O) groups excluding carboxylic acids is 1. The number of amides is 1. The third-order valence-electron chi connectivity index (χ3n) is 6.23. The quantitative estimate of drug-likeness (QED) is 0.383. The first-order valence-corrected chi connectivity index (χ1v) is 12.3. The molecule has 1 heterocycles. The van der Waals surface area contributed by atoms with Gasteiger partial charge in [0.05, 0.1) is 12.7 Å². The first-order valence-electron chi connectivity index (χ1n) is 11.1. The fourth-order valence-electron chi connectivity index (χ4n) is 4.22. The van der Waals surface area contributed by atoms with Crippen LogP contribution in [0.2, 0.25) is 5.02 Å². The number of aliphatic imine (C=N–C) groups is 1. The van der Waals surface area contributed by atoms with Crippen LogP contribution in [0.3, 0.4) is 0 Å². The summed E-state index contributed by atoms with van der Waals surface area (Å²) < 4.78 is 5.24. The van der Waals surface area contributed by atoms with Gasteiger partial charge >= 0.3 is 0 Å². The van der Waals surface area contributed by atoms with Gasteiger partial charge in [-0.2, -0.15) is 0 Å². The van der Waals surface area contributed by atoms with Crippen molar-refractivity contribution >= 4 is 45.7 Å². The van der Waals surface area contributed by atoms with E-state index in [0.717, 1.165) is 41.1 Å². The molecule has 0 spiro atoms. The predicted octanol–water partition coefficient (Wildman–Crippen LogP) is 7.56. The van der Waals surface area contributed by atoms with Crippen molar-refractivity contribution in [3.8, 4) is 5.75 Å². The van der Waals surface area contributed by atoms with E-state index in [-0.39, 0.29) is 11.3 Å². The lowest BCUT2D eigenvalue weighted by molar-refractivity contribution is 0.102. The van der Waals surface area contributed by atoms with Crippen LogP contribution in [0.25, 0.3) is 0 Å². The number of fused-ring (bicyclic) bond motifs is 1. The van der Waals surface area contributed by atoms with Gasteiger partial charge in [0.1, 0.15) is 10.8 Å². The summed E-state index contributed by atoms with van der Waals surface area (Å²) in [5, 5.41) is 4.37. The Labute approximate surface area is 204 Å². The van der Waals surface area contributed by atoms with E-state index in [9.17, 15) is 4.79 Å². The van der Waals surface area contributed by atoms with E-state index in [1.807, 2.05) is 42.6 Å². The summed E-state index contributed by atoms with van der Waals surface area (Å²) in [6.07, 6.45) is 4.77. The van der Waals surface area contributed by atoms with Crippen molar-refractivity contribution < 1.29 is 9.53 Å². The van der Waals surface area contributed by atoms with E-state index >= 15 is 0 Å². The van der Waals surface area contributed by atoms with E-state index in [1.165, 1.54) is 4.88 Å². The van der Waals surface area contributed by atoms with Crippen molar-refractivity contribution in [2.24, 2.45) is 16.3 Å². The van der Waals surface area contributed by atoms with Gasteiger partial charge in [0, 0.05) is 21.8 Å². The fourth-order valence-corrected chi connectivity index (χ4v) is 5.68. The third kappa shape index (κ3) is 5.48. The summed E-state index contributed by atoms with van der Waals surface area (Å²) in [6.45, 7) is 6.89. The number of hydrogen-bond acceptors (Lipinski definition) is 4. The molecule has 2 aromatic carbocycles. The Bertz CT molecular complexity index is 1180. The average molecular weight is 481 g/mol. The number of hydrogen-bond donors (Lipinski definition) is 1. The zero-order valence-electron chi connectivity index (χ0n) is 19.4. The summed E-state index contributed by atoms with van der Waals surface area (Å²) in [4.78, 5) is 19.5. The Morgan fingerprint density at radius 2 is 1.97 bits per heavy atom. The number of carbonyl (C=O) groups is 1. The van der Waals surface area contributed by atoms with Crippen LogP contribution in [-0.2, 0) is 12.8 Å². The van der Waals surface area contributed by atoms with Gasteiger partial charge in [0.2, 0.25) is 0 Å². The second-order valence-electron chi connectivity index (χ2n) is 9.49. The zero-order chi connectivity index (χ0) is 23.6. The number of rotatable bonds is 5. The lowest BCUT2D eigenvalue weighted by Crippen LogP contribution is -2.27. The van der Waals surface area contributed by atoms with Gasteiger partial charge in [-0.1, -0.05) is 38.4 Å². The van der Waals surface area contributed by atoms with Crippen molar-refractivity contribution in [1.82, 2.24) is 0 Å². The highest BCUT2D eigenvalue weighted by molar-refractivity contribution is 7.16. The van der Waals surface area contributed by atoms with Crippen LogP contribution in [0.4, 0.5) is 10.7 Å². The zero-order valence-corrected chi connectivity index (χ0v) is 21.0. The van der Waals surface area contributed by atoms with Crippen molar-refractivity contribution in [2.75, 3.05) is 12.4 Å². The standard InChI is InChI=1S/C27H29ClN2O2S/c1-27(2,3)18-10-13-22-23(14-18)33-26(29-16-17-8-11-21(32-4)12-9-17)24(22)25(31)30-20-7-5-6-19(28)15-20/h5-9,11-12,15-16,18H,10,13-14H2,1-4H3,(H,30,31)/t18-/m0/s1. The van der Waals surface area contributed by atoms with Crippen molar-refractivity contribution in [3.63, 3.8) is 0 Å². The Morgan fingerprint density at radius 3 is 2.64 bits per heavy atom. The molecule has 4 rings (SSSR count). The molecule has 1 aliphatic rings. The maximum Gasteiger partial charge on any atom is 0.259 e. The molecule has 0 saturated heterocycles. The maximum atomic E-state index is 13.4. The Hall–Kier alpha value is -2.63. The maximum absolute atomic E-state index is 13.4. The SMILES string of the molecule is COc1ccc(C=Nc2sc3c(c2C(=O)Nc2cccc(Cl)c2)CC[C@H](C(C)(C)C)C3)cc1. The number of nitrogens with one attached hydrogen (secondary N) is 1. The van der Waals surface area contributed by atoms with Crippen LogP contribution >= 0.6 is 22.9 Å². The van der Waals surface area contributed by atoms with Crippen molar-refractivity contribution in [1.29, 1.82) is 0 Å². The van der Waals surface area contributed by atoms with Crippen LogP contribution in [-0.4, -0.2) is 19.2 Å². The topological polar surface area (TPSA) is 50.7 Å². The molecular weight excluding hydrogens is 452 g/mol. The summed E-state index contributed by atoms with van der Waals surface area (Å²) in [6, 6.07) is 14.9. The summed E-state index contributed by atoms with van der Waals surface area (Å²) >= 11 is 7.76. The smallest absolute Gasteiger partial charge is 0.259 e. The molecule has 1 atom stereocenters. The van der Waals surface area contributed by atoms with E-state index < -0.39 is 0 Å². The molecule has 0 radical (unpaired) electrons. The average Bonchev–Trinajstić information content (AvgIpc) is 3.15. The summed E-state index contributed by atoms with van der Waals surface area (Å²) in [7, 11) is 1.65. The second-order valence-corrected chi connectivity index (χ2v) is 11.0. The molecule has 0 aliphatic heterocycles. The molecule has 1 N–H and O–H groups in total. The Kier molecular flexibility index (Phi) is 6.91. The molecule has 3 aromatic rings. The first-order chi connectivity index (χ1) is 15.7. The van der Waals surface area contributed by atoms with Gasteiger partial charge in [-0.15, -0.1) is 11.3 Å². The Balaban J connectivity index is 1.68. The fraction of sp³-hybridized carbons (Fsp3) is 0.333. The molecule has 4 nitrogen and oxygen atoms in total. The normalized spacial score (nSPS) is 16.0. The number of benzene rings is 2. The predicted molar refractivity (Wildman–Crippen MR) is 139 cm³/mol. The van der Waals surface area contributed by atoms with Crippen LogP contribution in [0.1, 0.15) is 53.6 Å². The molecule has 1 amide bonds. The highest BCUT2D eigenvalue weighted by atomic mass is 35.5. The number of thiophene rings is 1. The van der Waals surface area contributed by atoms with E-state index in [2.05, 4.69) is 26.1 Å². The van der Waals surface area contributed by atoms with Gasteiger partial charge in [-0.3, -0.25) is 4.79 Å². The lowest BCUT2D eigenvalue weighted by atomic mass is 9.72. The highest BCUT2D eigenvalue weighted by Crippen LogP contribution is 2.45. The van der Waals surface area contributed by atoms with Crippen molar-refractivity contribution in [3.05, 3.63) is 75.1 Å². The monoisotopic (exact) mass is 480 g/mol. The Morgan fingerprint density at radius 1 is 1.21 bits per heavy atom. The van der Waals surface area contributed by atoms with E-state index in [1.54, 1.807) is 30.6 Å². The number of nitrogens with zero attached hydrogens (tertiary/aromatic N) is 1. The first kappa shape index (κ1) is 23.5. The van der Waals surface area contributed by atoms with Gasteiger partial charge in [-0.05, 0) is 84.2 Å². The molecule has 0 saturated carbocycles. The van der Waals surface area contributed by atoms with Gasteiger partial charge in [-0.25, -0.2) is 4.99 Å². The molecule has 1 aromatic heterocycles. The summed E-state index contributed by atoms with van der Waals surface area (Å²) in [5.74, 6) is 1.25. The largest absolute Gasteiger partial charge is 0.497 e. The molecule has 172 valence electrons. The molecule has 0 bridgehead atoms. The number of halogens is 1. The van der Waals surface area contributed by atoms with E-state index in [0.29, 0.717) is 22.2 Å². The second kappa shape index (κ2) is 9.70. The molecule has 0 fully saturated rings. The van der Waals surface area contributed by atoms with Crippen LogP contribution in [0, 0.1) is 11.3 Å². The van der Waals surface area contributed by atoms with Gasteiger partial charge < -0.3 is 10.1 Å². The third-order valence-corrected chi connectivity index (χ3v) is 7.63. The minimum atomic E-state index is -0.133. The van der Waals surface area contributed by atoms with Gasteiger partial charge in [0.15, 0.2) is 0 Å². The minimum absolute atomic E-state index is 0.133. The number of methoxy groups -OCH3 is 1. The number of anilines is 1. The number of ether oxygens (including phenoxy) is 1.